The first-order valence-electron chi connectivity index (χ1n) is 10.9. The van der Waals surface area contributed by atoms with Gasteiger partial charge in [0.25, 0.3) is 0 Å². The van der Waals surface area contributed by atoms with E-state index in [1.807, 2.05) is 0 Å². The molecule has 0 amide bonds. The van der Waals surface area contributed by atoms with Gasteiger partial charge in [-0.05, 0) is 66.8 Å². The summed E-state index contributed by atoms with van der Waals surface area (Å²) in [5.41, 5.74) is 1.99. The number of nitrogens with zero attached hydrogens (tertiary/aromatic N) is 2. The zero-order valence-electron chi connectivity index (χ0n) is 17.4. The smallest absolute Gasteiger partial charge is 0.396 e. The third-order valence-electron chi connectivity index (χ3n) is 6.61. The van der Waals surface area contributed by atoms with Gasteiger partial charge in [0.2, 0.25) is 0 Å². The largest absolute Gasteiger partial charge is 0.416 e. The summed E-state index contributed by atoms with van der Waals surface area (Å²) in [4.78, 5) is 4.65. The van der Waals surface area contributed by atoms with Gasteiger partial charge in [-0.15, -0.1) is 0 Å². The number of alkyl halides is 3. The summed E-state index contributed by atoms with van der Waals surface area (Å²) >= 11 is 0. The van der Waals surface area contributed by atoms with Gasteiger partial charge < -0.3 is 10.0 Å². The first-order chi connectivity index (χ1) is 14.9. The van der Waals surface area contributed by atoms with Crippen LogP contribution < -0.4 is 0 Å². The molecule has 7 heteroatoms. The molecule has 0 radical (unpaired) electrons. The Morgan fingerprint density at radius 3 is 2.26 bits per heavy atom. The number of halogens is 4. The van der Waals surface area contributed by atoms with E-state index >= 15 is 0 Å². The second-order valence-corrected chi connectivity index (χ2v) is 8.51. The SMILES string of the molecule is OCCCCN1CCN([C@H]2C[C@H](c3ccc(F)cc3)c3ccc(C(F)(F)F)cc32)CC1. The molecule has 0 saturated carbocycles. The van der Waals surface area contributed by atoms with Gasteiger partial charge in [0.15, 0.2) is 0 Å². The predicted molar refractivity (Wildman–Crippen MR) is 111 cm³/mol. The van der Waals surface area contributed by atoms with E-state index in [-0.39, 0.29) is 24.4 Å². The van der Waals surface area contributed by atoms with Gasteiger partial charge in [0.1, 0.15) is 5.82 Å². The van der Waals surface area contributed by atoms with Gasteiger partial charge in [-0.3, -0.25) is 4.90 Å². The third-order valence-corrected chi connectivity index (χ3v) is 6.61. The number of rotatable bonds is 6. The summed E-state index contributed by atoms with van der Waals surface area (Å²) in [5.74, 6) is -0.353. The molecule has 0 unspecified atom stereocenters. The Hall–Kier alpha value is -1.96. The molecule has 1 heterocycles. The maximum atomic E-state index is 13.4. The van der Waals surface area contributed by atoms with Crippen molar-refractivity contribution in [3.05, 3.63) is 70.5 Å². The predicted octanol–water partition coefficient (Wildman–Crippen LogP) is 4.81. The first kappa shape index (κ1) is 22.2. The maximum Gasteiger partial charge on any atom is 0.416 e. The number of hydrogen-bond donors (Lipinski definition) is 1. The summed E-state index contributed by atoms with van der Waals surface area (Å²) < 4.78 is 53.6. The van der Waals surface area contributed by atoms with Crippen LogP contribution in [0.1, 0.15) is 53.5 Å². The lowest BCUT2D eigenvalue weighted by Crippen LogP contribution is -2.47. The number of fused-ring (bicyclic) bond motifs is 1. The molecule has 1 fully saturated rings. The number of aliphatic hydroxyl groups excluding tert-OH is 1. The fourth-order valence-corrected chi connectivity index (χ4v) is 4.94. The average molecular weight is 436 g/mol. The molecule has 3 nitrogen and oxygen atoms in total. The van der Waals surface area contributed by atoms with Crippen molar-refractivity contribution in [3.63, 3.8) is 0 Å². The highest BCUT2D eigenvalue weighted by molar-refractivity contribution is 5.47. The molecule has 2 aliphatic rings. The Morgan fingerprint density at radius 1 is 0.903 bits per heavy atom. The summed E-state index contributed by atoms with van der Waals surface area (Å²) in [6.45, 7) is 4.48. The number of hydrogen-bond acceptors (Lipinski definition) is 3. The van der Waals surface area contributed by atoms with Crippen molar-refractivity contribution >= 4 is 0 Å². The number of piperazine rings is 1. The van der Waals surface area contributed by atoms with Crippen LogP contribution in [0.15, 0.2) is 42.5 Å². The maximum absolute atomic E-state index is 13.4. The molecule has 0 bridgehead atoms. The Kier molecular flexibility index (Phi) is 6.65. The van der Waals surface area contributed by atoms with Crippen molar-refractivity contribution < 1.29 is 22.7 Å². The molecular formula is C24H28F4N2O. The lowest BCUT2D eigenvalue weighted by Gasteiger charge is -2.38. The molecule has 168 valence electrons. The van der Waals surface area contributed by atoms with Gasteiger partial charge >= 0.3 is 6.18 Å². The van der Waals surface area contributed by atoms with E-state index in [0.717, 1.165) is 68.3 Å². The molecule has 2 atom stereocenters. The van der Waals surface area contributed by atoms with Crippen LogP contribution >= 0.6 is 0 Å². The zero-order chi connectivity index (χ0) is 22.0. The Morgan fingerprint density at radius 2 is 1.61 bits per heavy atom. The van der Waals surface area contributed by atoms with E-state index < -0.39 is 11.7 Å². The van der Waals surface area contributed by atoms with Crippen molar-refractivity contribution in [2.45, 2.75) is 37.4 Å². The van der Waals surface area contributed by atoms with Crippen LogP contribution in [0, 0.1) is 5.82 Å². The summed E-state index contributed by atoms with van der Waals surface area (Å²) in [6.07, 6.45) is -1.94. The molecule has 1 aliphatic carbocycles. The number of benzene rings is 2. The van der Waals surface area contributed by atoms with E-state index in [2.05, 4.69) is 9.80 Å². The highest BCUT2D eigenvalue weighted by Gasteiger charge is 2.39. The summed E-state index contributed by atoms with van der Waals surface area (Å²) in [5, 5.41) is 8.96. The molecule has 1 N–H and O–H groups in total. The van der Waals surface area contributed by atoms with Crippen LogP contribution in [-0.4, -0.2) is 54.2 Å². The van der Waals surface area contributed by atoms with E-state index in [1.54, 1.807) is 18.2 Å². The Bertz CT molecular complexity index is 876. The van der Waals surface area contributed by atoms with Gasteiger partial charge in [0.05, 0.1) is 5.56 Å². The molecule has 4 rings (SSSR count). The minimum atomic E-state index is -4.38. The fraction of sp³-hybridized carbons (Fsp3) is 0.500. The highest BCUT2D eigenvalue weighted by atomic mass is 19.4. The van der Waals surface area contributed by atoms with Gasteiger partial charge in [0, 0.05) is 44.7 Å². The van der Waals surface area contributed by atoms with Crippen molar-refractivity contribution in [1.29, 1.82) is 0 Å². The zero-order valence-corrected chi connectivity index (χ0v) is 17.4. The van der Waals surface area contributed by atoms with Crippen LogP contribution in [0.2, 0.25) is 0 Å². The van der Waals surface area contributed by atoms with Gasteiger partial charge in [-0.25, -0.2) is 4.39 Å². The monoisotopic (exact) mass is 436 g/mol. The Labute approximate surface area is 180 Å². The molecule has 2 aromatic carbocycles. The minimum absolute atomic E-state index is 0.0366. The average Bonchev–Trinajstić information content (AvgIpc) is 3.13. The fourth-order valence-electron chi connectivity index (χ4n) is 4.94. The van der Waals surface area contributed by atoms with Crippen LogP contribution in [-0.2, 0) is 6.18 Å². The van der Waals surface area contributed by atoms with Crippen molar-refractivity contribution in [2.24, 2.45) is 0 Å². The molecule has 31 heavy (non-hydrogen) atoms. The lowest BCUT2D eigenvalue weighted by atomic mass is 9.92. The quantitative estimate of drug-likeness (QED) is 0.520. The number of unbranched alkanes of at least 4 members (excludes halogenated alkanes) is 1. The Balaban J connectivity index is 1.57. The third kappa shape index (κ3) is 4.94. The van der Waals surface area contributed by atoms with Crippen molar-refractivity contribution in [2.75, 3.05) is 39.3 Å². The second-order valence-electron chi connectivity index (χ2n) is 8.51. The standard InChI is InChI=1S/C24H28F4N2O/c25-19-6-3-17(4-7-19)21-16-23(22-15-18(24(26,27)28)5-8-20(21)22)30-12-10-29(11-13-30)9-1-2-14-31/h3-8,15,21,23,31H,1-2,9-14,16H2/t21-,23+/m1/s1. The second kappa shape index (κ2) is 9.27. The van der Waals surface area contributed by atoms with E-state index in [4.69, 9.17) is 5.11 Å². The van der Waals surface area contributed by atoms with Crippen LogP contribution in [0.5, 0.6) is 0 Å². The molecule has 2 aromatic rings. The molecule has 1 aliphatic heterocycles. The molecule has 0 aromatic heterocycles. The van der Waals surface area contributed by atoms with Crippen molar-refractivity contribution in [3.8, 4) is 0 Å². The molecule has 1 saturated heterocycles. The summed E-state index contributed by atoms with van der Waals surface area (Å²) in [6, 6.07) is 10.3. The molecular weight excluding hydrogens is 408 g/mol. The normalized spacial score (nSPS) is 22.6. The minimum Gasteiger partial charge on any atom is -0.396 e. The first-order valence-corrected chi connectivity index (χ1v) is 10.9. The van der Waals surface area contributed by atoms with Gasteiger partial charge in [-0.1, -0.05) is 18.2 Å². The van der Waals surface area contributed by atoms with Gasteiger partial charge in [-0.2, -0.15) is 13.2 Å². The number of aliphatic hydroxyl groups is 1. The van der Waals surface area contributed by atoms with E-state index in [9.17, 15) is 17.6 Å². The van der Waals surface area contributed by atoms with Crippen LogP contribution in [0.25, 0.3) is 0 Å². The lowest BCUT2D eigenvalue weighted by molar-refractivity contribution is -0.137. The van der Waals surface area contributed by atoms with E-state index in [0.29, 0.717) is 6.42 Å². The molecule has 0 spiro atoms. The highest BCUT2D eigenvalue weighted by Crippen LogP contribution is 2.48. The topological polar surface area (TPSA) is 26.7 Å². The van der Waals surface area contributed by atoms with E-state index in [1.165, 1.54) is 18.2 Å². The summed E-state index contributed by atoms with van der Waals surface area (Å²) in [7, 11) is 0. The van der Waals surface area contributed by atoms with Crippen molar-refractivity contribution in [1.82, 2.24) is 9.80 Å². The van der Waals surface area contributed by atoms with Crippen LogP contribution in [0.4, 0.5) is 17.6 Å². The van der Waals surface area contributed by atoms with Crippen LogP contribution in [0.3, 0.4) is 0 Å².